The van der Waals surface area contributed by atoms with E-state index >= 15 is 0 Å². The van der Waals surface area contributed by atoms with Crippen LogP contribution in [0.1, 0.15) is 11.4 Å². The van der Waals surface area contributed by atoms with Crippen LogP contribution in [0, 0.1) is 6.92 Å². The van der Waals surface area contributed by atoms with E-state index in [0.29, 0.717) is 5.69 Å². The molecule has 3 aromatic rings. The summed E-state index contributed by atoms with van der Waals surface area (Å²) in [5.74, 6) is -0.190. The number of rotatable bonds is 5. The highest BCUT2D eigenvalue weighted by atomic mass is 32.1. The van der Waals surface area contributed by atoms with Crippen molar-refractivity contribution in [2.45, 2.75) is 19.9 Å². The summed E-state index contributed by atoms with van der Waals surface area (Å²) in [6, 6.07) is 1.16. The molecule has 2 N–H and O–H groups in total. The van der Waals surface area contributed by atoms with Gasteiger partial charge >= 0.3 is 11.7 Å². The normalized spacial score (nSPS) is 10.7. The minimum Gasteiger partial charge on any atom is -0.401 e. The van der Waals surface area contributed by atoms with Gasteiger partial charge in [-0.3, -0.25) is 19.9 Å². The Bertz CT molecular complexity index is 985. The standard InChI is InChI=1S/C13H12N6O4S/c1-7-14-8(6-24-7)11-17-18-12(23-11)15-9(20)2-4-19-5-3-10(21)16-13(19)22/h3,5-6H,2,4H2,1H3,(H,15,18,20)(H,16,21,22). The van der Waals surface area contributed by atoms with Gasteiger partial charge in [-0.05, 0) is 6.92 Å². The summed E-state index contributed by atoms with van der Waals surface area (Å²) in [5.41, 5.74) is -0.518. The van der Waals surface area contributed by atoms with Gasteiger partial charge in [0.15, 0.2) is 0 Å². The number of hydrogen-bond donors (Lipinski definition) is 2. The largest absolute Gasteiger partial charge is 0.401 e. The molecule has 0 atom stereocenters. The second kappa shape index (κ2) is 6.58. The second-order valence-corrected chi connectivity index (χ2v) is 5.83. The first-order valence-corrected chi connectivity index (χ1v) is 7.75. The van der Waals surface area contributed by atoms with Crippen LogP contribution in [-0.4, -0.2) is 30.6 Å². The maximum Gasteiger partial charge on any atom is 0.328 e. The summed E-state index contributed by atoms with van der Waals surface area (Å²) in [6.45, 7) is 1.96. The van der Waals surface area contributed by atoms with Crippen LogP contribution in [0.3, 0.4) is 0 Å². The molecular weight excluding hydrogens is 336 g/mol. The number of carbonyl (C=O) groups excluding carboxylic acids is 1. The molecule has 0 radical (unpaired) electrons. The topological polar surface area (TPSA) is 136 Å². The van der Waals surface area contributed by atoms with Crippen LogP contribution in [0.2, 0.25) is 0 Å². The van der Waals surface area contributed by atoms with Gasteiger partial charge < -0.3 is 8.98 Å². The number of nitrogens with one attached hydrogen (secondary N) is 2. The van der Waals surface area contributed by atoms with Crippen LogP contribution in [-0.2, 0) is 11.3 Å². The summed E-state index contributed by atoms with van der Waals surface area (Å²) < 4.78 is 6.54. The van der Waals surface area contributed by atoms with E-state index < -0.39 is 17.2 Å². The molecule has 0 aliphatic carbocycles. The van der Waals surface area contributed by atoms with E-state index in [1.165, 1.54) is 28.2 Å². The molecule has 0 aromatic carbocycles. The average molecular weight is 348 g/mol. The summed E-state index contributed by atoms with van der Waals surface area (Å²) in [7, 11) is 0. The molecule has 0 aliphatic rings. The van der Waals surface area contributed by atoms with Crippen LogP contribution in [0.15, 0.2) is 31.6 Å². The minimum atomic E-state index is -0.575. The van der Waals surface area contributed by atoms with Gasteiger partial charge in [0, 0.05) is 30.6 Å². The Labute approximate surface area is 138 Å². The Kier molecular flexibility index (Phi) is 4.33. The Morgan fingerprint density at radius 3 is 2.96 bits per heavy atom. The average Bonchev–Trinajstić information content (AvgIpc) is 3.15. The van der Waals surface area contributed by atoms with Crippen molar-refractivity contribution < 1.29 is 9.21 Å². The van der Waals surface area contributed by atoms with Gasteiger partial charge in [0.2, 0.25) is 5.91 Å². The maximum atomic E-state index is 11.9. The van der Waals surface area contributed by atoms with Gasteiger partial charge in [0.05, 0.1) is 5.01 Å². The van der Waals surface area contributed by atoms with E-state index in [0.717, 1.165) is 5.01 Å². The molecule has 3 heterocycles. The van der Waals surface area contributed by atoms with E-state index in [1.54, 1.807) is 5.38 Å². The molecular formula is C13H12N6O4S. The van der Waals surface area contributed by atoms with Crippen LogP contribution in [0.5, 0.6) is 0 Å². The van der Waals surface area contributed by atoms with Crippen molar-refractivity contribution in [1.29, 1.82) is 0 Å². The number of H-pyrrole nitrogens is 1. The molecule has 0 bridgehead atoms. The van der Waals surface area contributed by atoms with Crippen molar-refractivity contribution >= 4 is 23.3 Å². The molecule has 3 rings (SSSR count). The van der Waals surface area contributed by atoms with Crippen molar-refractivity contribution in [1.82, 2.24) is 24.7 Å². The van der Waals surface area contributed by atoms with Gasteiger partial charge in [-0.25, -0.2) is 9.78 Å². The molecule has 124 valence electrons. The summed E-state index contributed by atoms with van der Waals surface area (Å²) in [6.07, 6.45) is 1.32. The van der Waals surface area contributed by atoms with Crippen molar-refractivity contribution in [3.05, 3.63) is 43.5 Å². The van der Waals surface area contributed by atoms with Crippen molar-refractivity contribution in [2.75, 3.05) is 5.32 Å². The lowest BCUT2D eigenvalue weighted by molar-refractivity contribution is -0.116. The number of anilines is 1. The molecule has 0 aliphatic heterocycles. The predicted octanol–water partition coefficient (Wildman–Crippen LogP) is 0.380. The molecule has 0 unspecified atom stereocenters. The smallest absolute Gasteiger partial charge is 0.328 e. The van der Waals surface area contributed by atoms with Gasteiger partial charge in [0.1, 0.15) is 5.69 Å². The second-order valence-electron chi connectivity index (χ2n) is 4.77. The number of aromatic amines is 1. The Morgan fingerprint density at radius 1 is 1.42 bits per heavy atom. The summed E-state index contributed by atoms with van der Waals surface area (Å²) >= 11 is 1.45. The molecule has 0 fully saturated rings. The zero-order chi connectivity index (χ0) is 17.1. The third-order valence-corrected chi connectivity index (χ3v) is 3.76. The van der Waals surface area contributed by atoms with Crippen molar-refractivity contribution in [3.63, 3.8) is 0 Å². The van der Waals surface area contributed by atoms with Crippen LogP contribution in [0.4, 0.5) is 6.01 Å². The van der Waals surface area contributed by atoms with Crippen molar-refractivity contribution in [2.24, 2.45) is 0 Å². The third kappa shape index (κ3) is 3.63. The first-order valence-electron chi connectivity index (χ1n) is 6.87. The first kappa shape index (κ1) is 15.8. The highest BCUT2D eigenvalue weighted by Gasteiger charge is 2.13. The molecule has 1 amide bonds. The zero-order valence-electron chi connectivity index (χ0n) is 12.5. The van der Waals surface area contributed by atoms with Gasteiger partial charge in [-0.2, -0.15) is 0 Å². The molecule has 0 saturated carbocycles. The Hall–Kier alpha value is -3.08. The van der Waals surface area contributed by atoms with E-state index in [1.807, 2.05) is 6.92 Å². The predicted molar refractivity (Wildman–Crippen MR) is 84.7 cm³/mol. The first-order chi connectivity index (χ1) is 11.5. The SMILES string of the molecule is Cc1nc(-c2nnc(NC(=O)CCn3ccc(=O)[nH]c3=O)o2)cs1. The highest BCUT2D eigenvalue weighted by Crippen LogP contribution is 2.21. The van der Waals surface area contributed by atoms with E-state index in [-0.39, 0.29) is 24.9 Å². The fourth-order valence-electron chi connectivity index (χ4n) is 1.86. The van der Waals surface area contributed by atoms with Crippen LogP contribution in [0.25, 0.3) is 11.6 Å². The quantitative estimate of drug-likeness (QED) is 0.680. The zero-order valence-corrected chi connectivity index (χ0v) is 13.3. The fraction of sp³-hybridized carbons (Fsp3) is 0.231. The molecule has 0 spiro atoms. The maximum absolute atomic E-state index is 11.9. The lowest BCUT2D eigenvalue weighted by atomic mass is 10.4. The lowest BCUT2D eigenvalue weighted by Gasteiger charge is -2.03. The van der Waals surface area contributed by atoms with Gasteiger partial charge in [0.25, 0.3) is 11.4 Å². The number of carbonyl (C=O) groups is 1. The number of aromatic nitrogens is 5. The number of amides is 1. The van der Waals surface area contributed by atoms with E-state index in [4.69, 9.17) is 4.42 Å². The minimum absolute atomic E-state index is 0.000523. The van der Waals surface area contributed by atoms with E-state index in [2.05, 4.69) is 25.5 Å². The Balaban J connectivity index is 1.60. The number of hydrogen-bond acceptors (Lipinski definition) is 8. The van der Waals surface area contributed by atoms with Gasteiger partial charge in [-0.15, -0.1) is 16.4 Å². The monoisotopic (exact) mass is 348 g/mol. The highest BCUT2D eigenvalue weighted by molar-refractivity contribution is 7.09. The van der Waals surface area contributed by atoms with Crippen molar-refractivity contribution in [3.8, 4) is 11.6 Å². The number of thiazole rings is 1. The van der Waals surface area contributed by atoms with Gasteiger partial charge in [-0.1, -0.05) is 5.10 Å². The molecule has 24 heavy (non-hydrogen) atoms. The molecule has 11 heteroatoms. The summed E-state index contributed by atoms with van der Waals surface area (Å²) in [4.78, 5) is 40.7. The van der Waals surface area contributed by atoms with Crippen LogP contribution >= 0.6 is 11.3 Å². The lowest BCUT2D eigenvalue weighted by Crippen LogP contribution is -2.29. The number of aryl methyl sites for hydroxylation is 2. The fourth-order valence-corrected chi connectivity index (χ4v) is 2.45. The van der Waals surface area contributed by atoms with Crippen LogP contribution < -0.4 is 16.6 Å². The Morgan fingerprint density at radius 2 is 2.25 bits per heavy atom. The molecule has 0 saturated heterocycles. The van der Waals surface area contributed by atoms with E-state index in [9.17, 15) is 14.4 Å². The molecule has 3 aromatic heterocycles. The third-order valence-electron chi connectivity index (χ3n) is 2.99. The summed E-state index contributed by atoms with van der Waals surface area (Å²) in [5, 5.41) is 12.6. The number of nitrogens with zero attached hydrogens (tertiary/aromatic N) is 4. The molecule has 10 nitrogen and oxygen atoms in total.